The Morgan fingerprint density at radius 3 is 1.81 bits per heavy atom. The van der Waals surface area contributed by atoms with Crippen LogP contribution in [0.3, 0.4) is 0 Å². The van der Waals surface area contributed by atoms with Crippen LogP contribution in [0, 0.1) is 6.92 Å². The average molecular weight is 277 g/mol. The summed E-state index contributed by atoms with van der Waals surface area (Å²) >= 11 is 3.38. The molecule has 0 bridgehead atoms. The lowest BCUT2D eigenvalue weighted by Crippen LogP contribution is -1.99. The van der Waals surface area contributed by atoms with E-state index in [1.54, 1.807) is 0 Å². The molecule has 82 valence electrons. The van der Waals surface area contributed by atoms with Crippen molar-refractivity contribution in [3.8, 4) is 0 Å². The summed E-state index contributed by atoms with van der Waals surface area (Å²) < 4.78 is 1.02. The molecule has 0 saturated carbocycles. The summed E-state index contributed by atoms with van der Waals surface area (Å²) in [6, 6.07) is 15.7. The van der Waals surface area contributed by atoms with Crippen molar-refractivity contribution < 1.29 is 5.11 Å². The van der Waals surface area contributed by atoms with Crippen LogP contribution in [-0.2, 0) is 0 Å². The molecule has 16 heavy (non-hydrogen) atoms. The molecule has 2 rings (SSSR count). The van der Waals surface area contributed by atoms with Crippen LogP contribution in [0.15, 0.2) is 53.0 Å². The van der Waals surface area contributed by atoms with Gasteiger partial charge in [0.1, 0.15) is 6.10 Å². The van der Waals surface area contributed by atoms with Crippen molar-refractivity contribution in [3.63, 3.8) is 0 Å². The second kappa shape index (κ2) is 4.81. The van der Waals surface area contributed by atoms with Crippen LogP contribution in [0.5, 0.6) is 0 Å². The van der Waals surface area contributed by atoms with Crippen molar-refractivity contribution in [3.05, 3.63) is 69.7 Å². The number of aliphatic hydroxyl groups excluding tert-OH is 1. The van der Waals surface area contributed by atoms with Crippen LogP contribution in [0.1, 0.15) is 22.8 Å². The zero-order chi connectivity index (χ0) is 11.5. The second-order valence-electron chi connectivity index (χ2n) is 3.86. The number of benzene rings is 2. The monoisotopic (exact) mass is 276 g/mol. The van der Waals surface area contributed by atoms with Crippen molar-refractivity contribution in [2.75, 3.05) is 0 Å². The maximum Gasteiger partial charge on any atom is 0.104 e. The SMILES string of the molecule is Cc1ccc([C@@H](O)c2ccc(Br)cc2)cc1. The molecule has 0 aliphatic heterocycles. The van der Waals surface area contributed by atoms with Crippen LogP contribution in [0.25, 0.3) is 0 Å². The zero-order valence-electron chi connectivity index (χ0n) is 9.02. The highest BCUT2D eigenvalue weighted by atomic mass is 79.9. The van der Waals surface area contributed by atoms with Gasteiger partial charge in [-0.3, -0.25) is 0 Å². The third-order valence-corrected chi connectivity index (χ3v) is 3.11. The third-order valence-electron chi connectivity index (χ3n) is 2.58. The van der Waals surface area contributed by atoms with Gasteiger partial charge in [0.25, 0.3) is 0 Å². The van der Waals surface area contributed by atoms with E-state index < -0.39 is 6.10 Å². The molecule has 0 aliphatic carbocycles. The predicted molar refractivity (Wildman–Crippen MR) is 69.4 cm³/mol. The van der Waals surface area contributed by atoms with Gasteiger partial charge in [-0.05, 0) is 30.2 Å². The summed E-state index contributed by atoms with van der Waals surface area (Å²) in [6.45, 7) is 2.04. The Bertz CT molecular complexity index is 414. The number of rotatable bonds is 2. The summed E-state index contributed by atoms with van der Waals surface area (Å²) in [5, 5.41) is 10.2. The lowest BCUT2D eigenvalue weighted by Gasteiger charge is -2.11. The van der Waals surface area contributed by atoms with E-state index in [9.17, 15) is 5.11 Å². The minimum absolute atomic E-state index is 0.548. The molecule has 1 N–H and O–H groups in total. The molecule has 0 saturated heterocycles. The summed E-state index contributed by atoms with van der Waals surface area (Å²) in [4.78, 5) is 0. The maximum atomic E-state index is 10.2. The fourth-order valence-electron chi connectivity index (χ4n) is 1.59. The van der Waals surface area contributed by atoms with E-state index >= 15 is 0 Å². The summed E-state index contributed by atoms with van der Waals surface area (Å²) in [6.07, 6.45) is -0.548. The topological polar surface area (TPSA) is 20.2 Å². The van der Waals surface area contributed by atoms with Crippen LogP contribution >= 0.6 is 15.9 Å². The van der Waals surface area contributed by atoms with Gasteiger partial charge in [-0.25, -0.2) is 0 Å². The Morgan fingerprint density at radius 1 is 0.875 bits per heavy atom. The first kappa shape index (κ1) is 11.4. The Kier molecular flexibility index (Phi) is 3.42. The largest absolute Gasteiger partial charge is 0.384 e. The van der Waals surface area contributed by atoms with Gasteiger partial charge in [0.2, 0.25) is 0 Å². The van der Waals surface area contributed by atoms with Crippen LogP contribution < -0.4 is 0 Å². The van der Waals surface area contributed by atoms with Crippen molar-refractivity contribution in [2.45, 2.75) is 13.0 Å². The van der Waals surface area contributed by atoms with Gasteiger partial charge in [-0.15, -0.1) is 0 Å². The molecule has 0 radical (unpaired) electrons. The molecule has 0 heterocycles. The molecule has 0 unspecified atom stereocenters. The van der Waals surface area contributed by atoms with Crippen LogP contribution in [0.2, 0.25) is 0 Å². The van der Waals surface area contributed by atoms with Gasteiger partial charge in [0.15, 0.2) is 0 Å². The number of halogens is 1. The van der Waals surface area contributed by atoms with Crippen LogP contribution in [0.4, 0.5) is 0 Å². The fraction of sp³-hybridized carbons (Fsp3) is 0.143. The molecule has 2 aromatic rings. The van der Waals surface area contributed by atoms with Gasteiger partial charge in [-0.2, -0.15) is 0 Å². The highest BCUT2D eigenvalue weighted by Crippen LogP contribution is 2.23. The maximum absolute atomic E-state index is 10.2. The Morgan fingerprint density at radius 2 is 1.31 bits per heavy atom. The van der Waals surface area contributed by atoms with E-state index in [1.165, 1.54) is 5.56 Å². The van der Waals surface area contributed by atoms with E-state index in [0.717, 1.165) is 15.6 Å². The molecule has 0 fully saturated rings. The van der Waals surface area contributed by atoms with E-state index in [4.69, 9.17) is 0 Å². The smallest absolute Gasteiger partial charge is 0.104 e. The highest BCUT2D eigenvalue weighted by molar-refractivity contribution is 9.10. The normalized spacial score (nSPS) is 12.4. The molecular formula is C14H13BrO. The molecule has 2 aromatic carbocycles. The van der Waals surface area contributed by atoms with Crippen LogP contribution in [-0.4, -0.2) is 5.11 Å². The first-order valence-electron chi connectivity index (χ1n) is 5.17. The molecule has 2 heteroatoms. The van der Waals surface area contributed by atoms with E-state index in [-0.39, 0.29) is 0 Å². The quantitative estimate of drug-likeness (QED) is 0.884. The number of aryl methyl sites for hydroxylation is 1. The van der Waals surface area contributed by atoms with Crippen molar-refractivity contribution in [2.24, 2.45) is 0 Å². The highest BCUT2D eigenvalue weighted by Gasteiger charge is 2.09. The Balaban J connectivity index is 2.28. The zero-order valence-corrected chi connectivity index (χ0v) is 10.6. The number of hydrogen-bond donors (Lipinski definition) is 1. The Labute approximate surface area is 104 Å². The number of hydrogen-bond acceptors (Lipinski definition) is 1. The average Bonchev–Trinajstić information content (AvgIpc) is 2.30. The molecule has 0 aromatic heterocycles. The van der Waals surface area contributed by atoms with Gasteiger partial charge >= 0.3 is 0 Å². The van der Waals surface area contributed by atoms with Gasteiger partial charge in [0, 0.05) is 4.47 Å². The summed E-state index contributed by atoms with van der Waals surface area (Å²) in [5.41, 5.74) is 3.03. The Hall–Kier alpha value is -1.12. The number of aliphatic hydroxyl groups is 1. The minimum Gasteiger partial charge on any atom is -0.384 e. The minimum atomic E-state index is -0.548. The molecular weight excluding hydrogens is 264 g/mol. The predicted octanol–water partition coefficient (Wildman–Crippen LogP) is 3.84. The lowest BCUT2D eigenvalue weighted by atomic mass is 10.0. The van der Waals surface area contributed by atoms with Crippen molar-refractivity contribution in [1.29, 1.82) is 0 Å². The first-order chi connectivity index (χ1) is 7.66. The van der Waals surface area contributed by atoms with E-state index in [1.807, 2.05) is 55.5 Å². The molecule has 0 spiro atoms. The van der Waals surface area contributed by atoms with Gasteiger partial charge < -0.3 is 5.11 Å². The van der Waals surface area contributed by atoms with E-state index in [0.29, 0.717) is 0 Å². The second-order valence-corrected chi connectivity index (χ2v) is 4.78. The fourth-order valence-corrected chi connectivity index (χ4v) is 1.85. The molecule has 0 amide bonds. The summed E-state index contributed by atoms with van der Waals surface area (Å²) in [5.74, 6) is 0. The molecule has 0 aliphatic rings. The first-order valence-corrected chi connectivity index (χ1v) is 5.96. The third kappa shape index (κ3) is 2.52. The van der Waals surface area contributed by atoms with Crippen molar-refractivity contribution in [1.82, 2.24) is 0 Å². The lowest BCUT2D eigenvalue weighted by molar-refractivity contribution is 0.220. The molecule has 1 nitrogen and oxygen atoms in total. The van der Waals surface area contributed by atoms with Gasteiger partial charge in [-0.1, -0.05) is 57.9 Å². The van der Waals surface area contributed by atoms with Crippen molar-refractivity contribution >= 4 is 15.9 Å². The van der Waals surface area contributed by atoms with Gasteiger partial charge in [0.05, 0.1) is 0 Å². The standard InChI is InChI=1S/C14H13BrO/c1-10-2-4-11(5-3-10)14(16)12-6-8-13(15)9-7-12/h2-9,14,16H,1H3/t14-/m1/s1. The van der Waals surface area contributed by atoms with E-state index in [2.05, 4.69) is 15.9 Å². The summed E-state index contributed by atoms with van der Waals surface area (Å²) in [7, 11) is 0. The molecule has 1 atom stereocenters.